The van der Waals surface area contributed by atoms with E-state index in [0.717, 1.165) is 38.3 Å². The van der Waals surface area contributed by atoms with Gasteiger partial charge in [-0.2, -0.15) is 0 Å². The van der Waals surface area contributed by atoms with Crippen LogP contribution in [-0.2, 0) is 6.54 Å². The predicted octanol–water partition coefficient (Wildman–Crippen LogP) is 2.49. The molecule has 0 radical (unpaired) electrons. The van der Waals surface area contributed by atoms with Gasteiger partial charge in [0.25, 0.3) is 0 Å². The summed E-state index contributed by atoms with van der Waals surface area (Å²) in [5, 5.41) is 0. The van der Waals surface area contributed by atoms with Gasteiger partial charge in [-0.05, 0) is 37.1 Å². The molecule has 0 unspecified atom stereocenters. The van der Waals surface area contributed by atoms with Crippen LogP contribution in [-0.4, -0.2) is 61.6 Å². The maximum absolute atomic E-state index is 14.5. The third-order valence-corrected chi connectivity index (χ3v) is 5.05. The molecule has 1 aromatic carbocycles. The average molecular weight is 461 g/mol. The van der Waals surface area contributed by atoms with E-state index >= 15 is 0 Å². The monoisotopic (exact) mass is 461 g/mol. The second-order valence-corrected chi connectivity index (χ2v) is 6.72. The zero-order valence-electron chi connectivity index (χ0n) is 15.1. The molecule has 5 nitrogen and oxygen atoms in total. The Hall–Kier alpha value is -1.09. The molecule has 2 fully saturated rings. The molecular weight excluding hydrogens is 432 g/mol. The van der Waals surface area contributed by atoms with Crippen LogP contribution in [0.15, 0.2) is 23.2 Å². The maximum Gasteiger partial charge on any atom is 0.191 e. The van der Waals surface area contributed by atoms with Crippen molar-refractivity contribution in [1.29, 1.82) is 0 Å². The van der Waals surface area contributed by atoms with Gasteiger partial charge in [0.2, 0.25) is 0 Å². The van der Waals surface area contributed by atoms with Gasteiger partial charge in [-0.15, -0.1) is 24.0 Å². The van der Waals surface area contributed by atoms with Crippen molar-refractivity contribution in [3.8, 4) is 0 Å². The van der Waals surface area contributed by atoms with E-state index in [4.69, 9.17) is 5.73 Å². The van der Waals surface area contributed by atoms with Crippen LogP contribution in [0.2, 0.25) is 0 Å². The van der Waals surface area contributed by atoms with Crippen molar-refractivity contribution in [3.05, 3.63) is 29.6 Å². The van der Waals surface area contributed by atoms with Gasteiger partial charge in [0.15, 0.2) is 5.96 Å². The molecule has 0 amide bonds. The Bertz CT molecular complexity index is 597. The summed E-state index contributed by atoms with van der Waals surface area (Å²) in [6, 6.07) is 5.96. The quantitative estimate of drug-likeness (QED) is 0.416. The van der Waals surface area contributed by atoms with Crippen LogP contribution in [0.4, 0.5) is 10.1 Å². The Morgan fingerprint density at radius 1 is 1.28 bits per heavy atom. The van der Waals surface area contributed by atoms with E-state index in [0.29, 0.717) is 24.2 Å². The van der Waals surface area contributed by atoms with Crippen LogP contribution in [0, 0.1) is 5.82 Å². The normalized spacial score (nSPS) is 18.8. The van der Waals surface area contributed by atoms with E-state index < -0.39 is 0 Å². The first-order valence-corrected chi connectivity index (χ1v) is 8.87. The van der Waals surface area contributed by atoms with Gasteiger partial charge in [0, 0.05) is 39.3 Å². The van der Waals surface area contributed by atoms with Crippen molar-refractivity contribution < 1.29 is 4.39 Å². The topological polar surface area (TPSA) is 48.1 Å². The molecule has 2 N–H and O–H groups in total. The second kappa shape index (κ2) is 9.02. The molecule has 140 valence electrons. The highest BCUT2D eigenvalue weighted by Crippen LogP contribution is 2.25. The molecule has 1 aromatic rings. The SMILES string of the molecule is CCN1CCN(c2ccc(CN=C(N)N(C)C3CC3)cc2F)CC1.I. The van der Waals surface area contributed by atoms with Gasteiger partial charge < -0.3 is 20.4 Å². The number of benzene rings is 1. The molecule has 25 heavy (non-hydrogen) atoms. The molecule has 3 rings (SSSR count). The lowest BCUT2D eigenvalue weighted by molar-refractivity contribution is 0.270. The highest BCUT2D eigenvalue weighted by molar-refractivity contribution is 14.0. The number of aliphatic imine (C=N–C) groups is 1. The van der Waals surface area contributed by atoms with Gasteiger partial charge in [0.05, 0.1) is 12.2 Å². The number of anilines is 1. The second-order valence-electron chi connectivity index (χ2n) is 6.72. The molecule has 0 atom stereocenters. The summed E-state index contributed by atoms with van der Waals surface area (Å²) in [5.74, 6) is 0.374. The van der Waals surface area contributed by atoms with Crippen LogP contribution < -0.4 is 10.6 Å². The predicted molar refractivity (Wildman–Crippen MR) is 112 cm³/mol. The Labute approximate surface area is 167 Å². The van der Waals surface area contributed by atoms with Crippen molar-refractivity contribution in [3.63, 3.8) is 0 Å². The largest absolute Gasteiger partial charge is 0.370 e. The molecule has 2 aliphatic rings. The summed E-state index contributed by atoms with van der Waals surface area (Å²) in [6.45, 7) is 7.38. The molecule has 1 aliphatic carbocycles. The molecule has 1 saturated heterocycles. The van der Waals surface area contributed by atoms with Crippen molar-refractivity contribution in [1.82, 2.24) is 9.80 Å². The first-order chi connectivity index (χ1) is 11.6. The number of rotatable bonds is 5. The van der Waals surface area contributed by atoms with Crippen LogP contribution in [0.5, 0.6) is 0 Å². The third-order valence-electron chi connectivity index (χ3n) is 5.05. The molecule has 1 aliphatic heterocycles. The van der Waals surface area contributed by atoms with Crippen LogP contribution in [0.3, 0.4) is 0 Å². The molecule has 0 spiro atoms. The van der Waals surface area contributed by atoms with Gasteiger partial charge in [0.1, 0.15) is 5.82 Å². The standard InChI is InChI=1S/C18H28FN5.HI/c1-3-23-8-10-24(11-9-23)17-7-4-14(12-16(17)19)13-21-18(20)22(2)15-5-6-15;/h4,7,12,15H,3,5-6,8-11,13H2,1-2H3,(H2,20,21);1H. The fourth-order valence-corrected chi connectivity index (χ4v) is 3.14. The molecule has 7 heteroatoms. The number of nitrogens with two attached hydrogens (primary N) is 1. The van der Waals surface area contributed by atoms with Crippen molar-refractivity contribution in [2.24, 2.45) is 10.7 Å². The van der Waals surface area contributed by atoms with Crippen LogP contribution in [0.25, 0.3) is 0 Å². The molecule has 0 bridgehead atoms. The summed E-state index contributed by atoms with van der Waals surface area (Å²) in [4.78, 5) is 10.9. The van der Waals surface area contributed by atoms with Crippen molar-refractivity contribution in [2.45, 2.75) is 32.4 Å². The lowest BCUT2D eigenvalue weighted by Gasteiger charge is -2.35. The number of likely N-dealkylation sites (N-methyl/N-ethyl adjacent to an activating group) is 1. The molecular formula is C18H29FIN5. The van der Waals surface area contributed by atoms with Crippen molar-refractivity contribution >= 4 is 35.6 Å². The minimum atomic E-state index is -0.165. The summed E-state index contributed by atoms with van der Waals surface area (Å²) in [7, 11) is 1.97. The van der Waals surface area contributed by atoms with Gasteiger partial charge in [-0.3, -0.25) is 0 Å². The van der Waals surface area contributed by atoms with Crippen LogP contribution in [0.1, 0.15) is 25.3 Å². The summed E-state index contributed by atoms with van der Waals surface area (Å²) >= 11 is 0. The summed E-state index contributed by atoms with van der Waals surface area (Å²) in [5.41, 5.74) is 7.54. The van der Waals surface area contributed by atoms with E-state index in [1.54, 1.807) is 6.07 Å². The lowest BCUT2D eigenvalue weighted by Crippen LogP contribution is -2.46. The minimum absolute atomic E-state index is 0. The Morgan fingerprint density at radius 3 is 2.52 bits per heavy atom. The lowest BCUT2D eigenvalue weighted by atomic mass is 10.1. The summed E-state index contributed by atoms with van der Waals surface area (Å²) < 4.78 is 14.5. The molecule has 1 heterocycles. The highest BCUT2D eigenvalue weighted by Gasteiger charge is 2.27. The zero-order valence-corrected chi connectivity index (χ0v) is 17.4. The summed E-state index contributed by atoms with van der Waals surface area (Å²) in [6.07, 6.45) is 2.36. The van der Waals surface area contributed by atoms with Gasteiger partial charge in [-0.1, -0.05) is 13.0 Å². The number of hydrogen-bond acceptors (Lipinski definition) is 3. The fourth-order valence-electron chi connectivity index (χ4n) is 3.14. The minimum Gasteiger partial charge on any atom is -0.370 e. The first kappa shape index (κ1) is 20.2. The number of guanidine groups is 1. The molecule has 0 aromatic heterocycles. The van der Waals surface area contributed by atoms with E-state index in [9.17, 15) is 4.39 Å². The fraction of sp³-hybridized carbons (Fsp3) is 0.611. The average Bonchev–Trinajstić information content (AvgIpc) is 3.44. The van der Waals surface area contributed by atoms with E-state index in [2.05, 4.69) is 21.7 Å². The van der Waals surface area contributed by atoms with E-state index in [1.807, 2.05) is 24.1 Å². The Balaban J connectivity index is 0.00000225. The number of hydrogen-bond donors (Lipinski definition) is 1. The smallest absolute Gasteiger partial charge is 0.191 e. The van der Waals surface area contributed by atoms with E-state index in [-0.39, 0.29) is 29.8 Å². The number of halogens is 2. The van der Waals surface area contributed by atoms with Crippen molar-refractivity contribution in [2.75, 3.05) is 44.7 Å². The zero-order chi connectivity index (χ0) is 17.1. The molecule has 1 saturated carbocycles. The first-order valence-electron chi connectivity index (χ1n) is 8.87. The number of piperazine rings is 1. The van der Waals surface area contributed by atoms with Gasteiger partial charge in [-0.25, -0.2) is 9.38 Å². The van der Waals surface area contributed by atoms with E-state index in [1.165, 1.54) is 12.8 Å². The number of nitrogens with zero attached hydrogens (tertiary/aromatic N) is 4. The Kier molecular flexibility index (Phi) is 7.30. The Morgan fingerprint density at radius 2 is 1.96 bits per heavy atom. The third kappa shape index (κ3) is 5.20. The van der Waals surface area contributed by atoms with Crippen LogP contribution >= 0.6 is 24.0 Å². The van der Waals surface area contributed by atoms with Gasteiger partial charge >= 0.3 is 0 Å². The maximum atomic E-state index is 14.5. The highest BCUT2D eigenvalue weighted by atomic mass is 127.